The van der Waals surface area contributed by atoms with Gasteiger partial charge in [-0.25, -0.2) is 4.98 Å². The Balaban J connectivity index is 1.90. The summed E-state index contributed by atoms with van der Waals surface area (Å²) in [5, 5.41) is 0. The van der Waals surface area contributed by atoms with Gasteiger partial charge in [-0.15, -0.1) is 0 Å². The molecular weight excluding hydrogens is 298 g/mol. The summed E-state index contributed by atoms with van der Waals surface area (Å²) in [7, 11) is 4.00. The molecule has 0 aliphatic carbocycles. The molecule has 126 valence electrons. The van der Waals surface area contributed by atoms with Crippen LogP contribution in [0.1, 0.15) is 46.8 Å². The average molecular weight is 323 g/mol. The second-order valence-corrected chi connectivity index (χ2v) is 6.68. The fourth-order valence-corrected chi connectivity index (χ4v) is 3.51. The van der Waals surface area contributed by atoms with E-state index in [9.17, 15) is 4.79 Å². The van der Waals surface area contributed by atoms with E-state index in [2.05, 4.69) is 18.0 Å². The van der Waals surface area contributed by atoms with Crippen molar-refractivity contribution in [1.82, 2.24) is 9.88 Å². The third-order valence-electron chi connectivity index (χ3n) is 4.66. The lowest BCUT2D eigenvalue weighted by molar-refractivity contribution is 0.0611. The zero-order chi connectivity index (χ0) is 17.1. The Morgan fingerprint density at radius 3 is 2.62 bits per heavy atom. The predicted molar refractivity (Wildman–Crippen MR) is 97.4 cm³/mol. The van der Waals surface area contributed by atoms with E-state index in [1.807, 2.05) is 60.4 Å². The van der Waals surface area contributed by atoms with Crippen LogP contribution in [0.2, 0.25) is 0 Å². The first-order chi connectivity index (χ1) is 11.6. The van der Waals surface area contributed by atoms with Crippen LogP contribution in [0.4, 0.5) is 5.82 Å². The highest BCUT2D eigenvalue weighted by Gasteiger charge is 2.29. The Morgan fingerprint density at radius 2 is 1.96 bits per heavy atom. The molecule has 0 spiro atoms. The molecule has 1 saturated heterocycles. The Kier molecular flexibility index (Phi) is 4.84. The number of carbonyl (C=O) groups excluding carboxylic acids is 1. The molecule has 1 aromatic carbocycles. The number of anilines is 1. The normalized spacial score (nSPS) is 17.6. The third kappa shape index (κ3) is 3.28. The number of likely N-dealkylation sites (tertiary alicyclic amines) is 1. The second-order valence-electron chi connectivity index (χ2n) is 6.68. The number of piperidine rings is 1. The molecule has 1 amide bonds. The lowest BCUT2D eigenvalue weighted by Crippen LogP contribution is -2.38. The molecule has 4 nitrogen and oxygen atoms in total. The fourth-order valence-electron chi connectivity index (χ4n) is 3.51. The molecule has 1 aromatic heterocycles. The summed E-state index contributed by atoms with van der Waals surface area (Å²) in [6, 6.07) is 11.9. The molecule has 2 aromatic rings. The molecule has 3 rings (SSSR count). The van der Waals surface area contributed by atoms with Gasteiger partial charge >= 0.3 is 0 Å². The van der Waals surface area contributed by atoms with Crippen molar-refractivity contribution >= 4 is 11.7 Å². The molecule has 1 aliphatic heterocycles. The maximum Gasteiger partial charge on any atom is 0.254 e. The summed E-state index contributed by atoms with van der Waals surface area (Å²) in [5.41, 5.74) is 3.05. The van der Waals surface area contributed by atoms with Crippen LogP contribution in [0.15, 0.2) is 42.6 Å². The summed E-state index contributed by atoms with van der Waals surface area (Å²) in [6.07, 6.45) is 5.15. The maximum atomic E-state index is 12.9. The largest absolute Gasteiger partial charge is 0.363 e. The first-order valence-electron chi connectivity index (χ1n) is 8.58. The third-order valence-corrected chi connectivity index (χ3v) is 4.66. The Hall–Kier alpha value is -2.36. The van der Waals surface area contributed by atoms with Gasteiger partial charge in [0.15, 0.2) is 0 Å². The van der Waals surface area contributed by atoms with Crippen molar-refractivity contribution in [2.45, 2.75) is 32.2 Å². The molecule has 4 heteroatoms. The van der Waals surface area contributed by atoms with E-state index in [0.29, 0.717) is 0 Å². The minimum atomic E-state index is 0.119. The number of carbonyl (C=O) groups is 1. The number of aryl methyl sites for hydroxylation is 1. The van der Waals surface area contributed by atoms with Crippen LogP contribution < -0.4 is 4.90 Å². The van der Waals surface area contributed by atoms with Gasteiger partial charge in [-0.1, -0.05) is 18.2 Å². The number of hydrogen-bond acceptors (Lipinski definition) is 3. The molecule has 1 aliphatic rings. The van der Waals surface area contributed by atoms with E-state index in [1.54, 1.807) is 0 Å². The zero-order valence-corrected chi connectivity index (χ0v) is 14.7. The molecule has 1 fully saturated rings. The molecule has 24 heavy (non-hydrogen) atoms. The van der Waals surface area contributed by atoms with Gasteiger partial charge in [0.1, 0.15) is 5.82 Å². The first kappa shape index (κ1) is 16.5. The molecule has 0 N–H and O–H groups in total. The van der Waals surface area contributed by atoms with Crippen molar-refractivity contribution in [2.75, 3.05) is 25.5 Å². The Labute approximate surface area is 144 Å². The minimum absolute atomic E-state index is 0.119. The van der Waals surface area contributed by atoms with E-state index >= 15 is 0 Å². The van der Waals surface area contributed by atoms with Gasteiger partial charge in [0.2, 0.25) is 0 Å². The summed E-state index contributed by atoms with van der Waals surface area (Å²) in [4.78, 5) is 21.6. The predicted octanol–water partition coefficient (Wildman–Crippen LogP) is 3.82. The van der Waals surface area contributed by atoms with E-state index in [-0.39, 0.29) is 11.9 Å². The number of pyridine rings is 1. The summed E-state index contributed by atoms with van der Waals surface area (Å²) in [5.74, 6) is 1.10. The lowest BCUT2D eigenvalue weighted by Gasteiger charge is -2.36. The van der Waals surface area contributed by atoms with Gasteiger partial charge in [0, 0.05) is 32.4 Å². The summed E-state index contributed by atoms with van der Waals surface area (Å²) >= 11 is 0. The molecule has 2 heterocycles. The molecule has 0 unspecified atom stereocenters. The number of rotatable bonds is 3. The topological polar surface area (TPSA) is 36.4 Å². The fraction of sp³-hybridized carbons (Fsp3) is 0.400. The number of hydrogen-bond donors (Lipinski definition) is 0. The lowest BCUT2D eigenvalue weighted by atomic mass is 9.94. The molecule has 0 saturated carbocycles. The minimum Gasteiger partial charge on any atom is -0.363 e. The van der Waals surface area contributed by atoms with Crippen LogP contribution in [-0.2, 0) is 0 Å². The van der Waals surface area contributed by atoms with Gasteiger partial charge < -0.3 is 9.80 Å². The molecule has 0 bridgehead atoms. The Bertz CT molecular complexity index is 712. The van der Waals surface area contributed by atoms with Gasteiger partial charge in [0.25, 0.3) is 5.91 Å². The molecule has 0 radical (unpaired) electrons. The smallest absolute Gasteiger partial charge is 0.254 e. The van der Waals surface area contributed by atoms with E-state index in [0.717, 1.165) is 48.3 Å². The van der Waals surface area contributed by atoms with Crippen molar-refractivity contribution in [3.05, 3.63) is 59.3 Å². The maximum absolute atomic E-state index is 12.9. The zero-order valence-electron chi connectivity index (χ0n) is 14.7. The Morgan fingerprint density at radius 1 is 1.21 bits per heavy atom. The SMILES string of the molecule is Cc1cc([C@H]2CCCCN2C(=O)c2ccccc2)cnc1N(C)C. The molecule has 1 atom stereocenters. The van der Waals surface area contributed by atoms with Crippen LogP contribution in [0.3, 0.4) is 0 Å². The van der Waals surface area contributed by atoms with Crippen molar-refractivity contribution in [3.63, 3.8) is 0 Å². The van der Waals surface area contributed by atoms with Crippen molar-refractivity contribution < 1.29 is 4.79 Å². The molecular formula is C20H25N3O. The highest BCUT2D eigenvalue weighted by atomic mass is 16.2. The van der Waals surface area contributed by atoms with Crippen molar-refractivity contribution in [2.24, 2.45) is 0 Å². The van der Waals surface area contributed by atoms with Crippen LogP contribution >= 0.6 is 0 Å². The van der Waals surface area contributed by atoms with Crippen LogP contribution in [0, 0.1) is 6.92 Å². The number of amides is 1. The van der Waals surface area contributed by atoms with Crippen molar-refractivity contribution in [1.29, 1.82) is 0 Å². The van der Waals surface area contributed by atoms with Crippen LogP contribution in [0.5, 0.6) is 0 Å². The number of aromatic nitrogens is 1. The number of nitrogens with zero attached hydrogens (tertiary/aromatic N) is 3. The average Bonchev–Trinajstić information content (AvgIpc) is 2.61. The van der Waals surface area contributed by atoms with Gasteiger partial charge in [-0.2, -0.15) is 0 Å². The first-order valence-corrected chi connectivity index (χ1v) is 8.58. The van der Waals surface area contributed by atoms with Gasteiger partial charge in [-0.05, 0) is 55.5 Å². The summed E-state index contributed by atoms with van der Waals surface area (Å²) in [6.45, 7) is 2.89. The monoisotopic (exact) mass is 323 g/mol. The van der Waals surface area contributed by atoms with Crippen LogP contribution in [-0.4, -0.2) is 36.4 Å². The quantitative estimate of drug-likeness (QED) is 0.861. The number of benzene rings is 1. The highest BCUT2D eigenvalue weighted by molar-refractivity contribution is 5.94. The van der Waals surface area contributed by atoms with Gasteiger partial charge in [-0.3, -0.25) is 4.79 Å². The van der Waals surface area contributed by atoms with E-state index < -0.39 is 0 Å². The second kappa shape index (κ2) is 7.04. The van der Waals surface area contributed by atoms with Crippen molar-refractivity contribution in [3.8, 4) is 0 Å². The standard InChI is InChI=1S/C20H25N3O/c1-15-13-17(14-21-19(15)22(2)3)18-11-7-8-12-23(18)20(24)16-9-5-4-6-10-16/h4-6,9-10,13-14,18H,7-8,11-12H2,1-3H3/t18-/m1/s1. The van der Waals surface area contributed by atoms with E-state index in [4.69, 9.17) is 0 Å². The van der Waals surface area contributed by atoms with Crippen LogP contribution in [0.25, 0.3) is 0 Å². The van der Waals surface area contributed by atoms with Gasteiger partial charge in [0.05, 0.1) is 6.04 Å². The highest BCUT2D eigenvalue weighted by Crippen LogP contribution is 2.33. The van der Waals surface area contributed by atoms with E-state index in [1.165, 1.54) is 0 Å². The summed E-state index contributed by atoms with van der Waals surface area (Å²) < 4.78 is 0.